The number of ether oxygens (including phenoxy) is 1. The number of aromatic nitrogens is 2. The van der Waals surface area contributed by atoms with E-state index in [9.17, 15) is 18.4 Å². The molecule has 0 atom stereocenters. The predicted octanol–water partition coefficient (Wildman–Crippen LogP) is 0.372. The maximum Gasteiger partial charge on any atom is 0.388 e. The van der Waals surface area contributed by atoms with Gasteiger partial charge in [0, 0.05) is 26.2 Å². The summed E-state index contributed by atoms with van der Waals surface area (Å²) in [5, 5.41) is 6.53. The lowest BCUT2D eigenvalue weighted by atomic mass is 9.98. The fourth-order valence-corrected chi connectivity index (χ4v) is 2.15. The number of carbonyl (C=O) groups excluding carboxylic acids is 2. The molecule has 1 fully saturated rings. The highest BCUT2D eigenvalue weighted by molar-refractivity contribution is 5.98. The van der Waals surface area contributed by atoms with E-state index in [0.717, 1.165) is 10.7 Å². The molecular formula is C12H16F2N4O3. The Kier molecular flexibility index (Phi) is 3.84. The number of carbonyl (C=O) groups is 2. The van der Waals surface area contributed by atoms with Gasteiger partial charge in [0.1, 0.15) is 5.54 Å². The Morgan fingerprint density at radius 1 is 1.52 bits per heavy atom. The SMILES string of the molecule is Cn1nc(C(=O)N2CCNC(=O)C2(C)C)cc1OC(F)F. The van der Waals surface area contributed by atoms with Crippen LogP contribution in [0.1, 0.15) is 24.3 Å². The Labute approximate surface area is 119 Å². The first kappa shape index (κ1) is 15.2. The zero-order valence-corrected chi connectivity index (χ0v) is 11.9. The van der Waals surface area contributed by atoms with Gasteiger partial charge in [-0.15, -0.1) is 0 Å². The highest BCUT2D eigenvalue weighted by atomic mass is 19.3. The monoisotopic (exact) mass is 302 g/mol. The largest absolute Gasteiger partial charge is 0.417 e. The van der Waals surface area contributed by atoms with Crippen molar-refractivity contribution in [2.24, 2.45) is 7.05 Å². The number of halogens is 2. The molecule has 0 aliphatic carbocycles. The smallest absolute Gasteiger partial charge is 0.388 e. The van der Waals surface area contributed by atoms with E-state index in [1.165, 1.54) is 11.9 Å². The van der Waals surface area contributed by atoms with Crippen molar-refractivity contribution in [3.05, 3.63) is 11.8 Å². The topological polar surface area (TPSA) is 76.5 Å². The van der Waals surface area contributed by atoms with Crippen molar-refractivity contribution in [2.45, 2.75) is 26.0 Å². The lowest BCUT2D eigenvalue weighted by molar-refractivity contribution is -0.133. The fourth-order valence-electron chi connectivity index (χ4n) is 2.15. The van der Waals surface area contributed by atoms with Crippen LogP contribution in [-0.4, -0.2) is 51.7 Å². The lowest BCUT2D eigenvalue weighted by Crippen LogP contribution is -2.63. The summed E-state index contributed by atoms with van der Waals surface area (Å²) in [4.78, 5) is 25.6. The van der Waals surface area contributed by atoms with Gasteiger partial charge in [0.15, 0.2) is 5.69 Å². The van der Waals surface area contributed by atoms with Crippen molar-refractivity contribution in [3.8, 4) is 5.88 Å². The number of nitrogens with zero attached hydrogens (tertiary/aromatic N) is 3. The van der Waals surface area contributed by atoms with Crippen LogP contribution >= 0.6 is 0 Å². The van der Waals surface area contributed by atoms with Crippen LogP contribution in [0, 0.1) is 0 Å². The first-order chi connectivity index (χ1) is 9.73. The second-order valence-corrected chi connectivity index (χ2v) is 5.14. The standard InChI is InChI=1S/C12H16F2N4O3/c1-12(2)10(20)15-4-5-18(12)9(19)7-6-8(17(3)16-7)21-11(13)14/h6,11H,4-5H2,1-3H3,(H,15,20). The third-order valence-electron chi connectivity index (χ3n) is 3.36. The third kappa shape index (κ3) is 2.81. The summed E-state index contributed by atoms with van der Waals surface area (Å²) in [5.74, 6) is -0.996. The molecule has 0 spiro atoms. The lowest BCUT2D eigenvalue weighted by Gasteiger charge is -2.40. The van der Waals surface area contributed by atoms with E-state index in [-0.39, 0.29) is 17.5 Å². The molecule has 1 N–H and O–H groups in total. The molecule has 1 aliphatic heterocycles. The second-order valence-electron chi connectivity index (χ2n) is 5.14. The molecule has 1 aromatic rings. The number of hydrogen-bond donors (Lipinski definition) is 1. The van der Waals surface area contributed by atoms with Crippen LogP contribution < -0.4 is 10.1 Å². The first-order valence-electron chi connectivity index (χ1n) is 6.32. The van der Waals surface area contributed by atoms with Crippen LogP contribution in [0.5, 0.6) is 5.88 Å². The van der Waals surface area contributed by atoms with E-state index in [1.54, 1.807) is 13.8 Å². The van der Waals surface area contributed by atoms with Crippen LogP contribution in [0.3, 0.4) is 0 Å². The zero-order chi connectivity index (χ0) is 15.8. The van der Waals surface area contributed by atoms with Crippen LogP contribution in [-0.2, 0) is 11.8 Å². The minimum Gasteiger partial charge on any atom is -0.417 e. The van der Waals surface area contributed by atoms with Crippen molar-refractivity contribution in [2.75, 3.05) is 13.1 Å². The summed E-state index contributed by atoms with van der Waals surface area (Å²) >= 11 is 0. The summed E-state index contributed by atoms with van der Waals surface area (Å²) in [6.07, 6.45) is 0. The van der Waals surface area contributed by atoms with Crippen LogP contribution in [0.4, 0.5) is 8.78 Å². The van der Waals surface area contributed by atoms with Gasteiger partial charge in [0.05, 0.1) is 0 Å². The zero-order valence-electron chi connectivity index (χ0n) is 11.9. The van der Waals surface area contributed by atoms with Gasteiger partial charge in [-0.3, -0.25) is 9.59 Å². The minimum absolute atomic E-state index is 0.0454. The van der Waals surface area contributed by atoms with E-state index < -0.39 is 18.1 Å². The number of rotatable bonds is 3. The molecule has 9 heteroatoms. The van der Waals surface area contributed by atoms with E-state index >= 15 is 0 Å². The van der Waals surface area contributed by atoms with Crippen molar-refractivity contribution in [3.63, 3.8) is 0 Å². The van der Waals surface area contributed by atoms with Crippen LogP contribution in [0.15, 0.2) is 6.07 Å². The van der Waals surface area contributed by atoms with Gasteiger partial charge >= 0.3 is 6.61 Å². The Morgan fingerprint density at radius 2 is 2.19 bits per heavy atom. The molecule has 0 radical (unpaired) electrons. The molecular weight excluding hydrogens is 286 g/mol. The number of amides is 2. The van der Waals surface area contributed by atoms with E-state index in [0.29, 0.717) is 13.1 Å². The maximum atomic E-state index is 12.4. The molecule has 0 saturated carbocycles. The molecule has 1 aliphatic rings. The quantitative estimate of drug-likeness (QED) is 0.875. The van der Waals surface area contributed by atoms with Gasteiger partial charge in [-0.25, -0.2) is 4.68 Å². The number of aryl methyl sites for hydroxylation is 1. The van der Waals surface area contributed by atoms with Crippen LogP contribution in [0.25, 0.3) is 0 Å². The molecule has 2 rings (SSSR count). The Balaban J connectivity index is 2.25. The molecule has 7 nitrogen and oxygen atoms in total. The molecule has 116 valence electrons. The van der Waals surface area contributed by atoms with Gasteiger partial charge in [-0.2, -0.15) is 13.9 Å². The number of alkyl halides is 2. The molecule has 1 aromatic heterocycles. The Hall–Kier alpha value is -2.19. The van der Waals surface area contributed by atoms with Gasteiger partial charge in [-0.05, 0) is 13.8 Å². The van der Waals surface area contributed by atoms with Crippen LogP contribution in [0.2, 0.25) is 0 Å². The summed E-state index contributed by atoms with van der Waals surface area (Å²) in [7, 11) is 1.39. The van der Waals surface area contributed by atoms with Gasteiger partial charge in [0.2, 0.25) is 11.8 Å². The highest BCUT2D eigenvalue weighted by Crippen LogP contribution is 2.22. The number of hydrogen-bond acceptors (Lipinski definition) is 4. The Morgan fingerprint density at radius 3 is 2.81 bits per heavy atom. The average Bonchev–Trinajstić information content (AvgIpc) is 2.73. The molecule has 2 heterocycles. The summed E-state index contributed by atoms with van der Waals surface area (Å²) in [6.45, 7) is 0.874. The third-order valence-corrected chi connectivity index (χ3v) is 3.36. The molecule has 2 amide bonds. The Bertz CT molecular complexity index is 571. The summed E-state index contributed by atoms with van der Waals surface area (Å²) in [6, 6.07) is 1.14. The molecule has 1 saturated heterocycles. The second kappa shape index (κ2) is 5.30. The van der Waals surface area contributed by atoms with E-state index in [2.05, 4.69) is 15.2 Å². The number of nitrogens with one attached hydrogen (secondary N) is 1. The fraction of sp³-hybridized carbons (Fsp3) is 0.583. The molecule has 0 unspecified atom stereocenters. The van der Waals surface area contributed by atoms with E-state index in [4.69, 9.17) is 0 Å². The minimum atomic E-state index is -3.00. The molecule has 0 bridgehead atoms. The number of piperazine rings is 1. The summed E-state index contributed by atoms with van der Waals surface area (Å²) in [5.41, 5.74) is -1.08. The predicted molar refractivity (Wildman–Crippen MR) is 68.0 cm³/mol. The molecule has 0 aromatic carbocycles. The maximum absolute atomic E-state index is 12.4. The first-order valence-corrected chi connectivity index (χ1v) is 6.32. The van der Waals surface area contributed by atoms with Gasteiger partial charge < -0.3 is 15.0 Å². The van der Waals surface area contributed by atoms with Crippen molar-refractivity contribution in [1.82, 2.24) is 20.0 Å². The van der Waals surface area contributed by atoms with Crippen molar-refractivity contribution < 1.29 is 23.1 Å². The average molecular weight is 302 g/mol. The van der Waals surface area contributed by atoms with Crippen molar-refractivity contribution in [1.29, 1.82) is 0 Å². The van der Waals surface area contributed by atoms with Crippen molar-refractivity contribution >= 4 is 11.8 Å². The highest BCUT2D eigenvalue weighted by Gasteiger charge is 2.41. The normalized spacial score (nSPS) is 17.8. The van der Waals surface area contributed by atoms with Gasteiger partial charge in [0.25, 0.3) is 5.91 Å². The van der Waals surface area contributed by atoms with Gasteiger partial charge in [-0.1, -0.05) is 0 Å². The molecule has 21 heavy (non-hydrogen) atoms. The van der Waals surface area contributed by atoms with E-state index in [1.807, 2.05) is 0 Å². The summed E-state index contributed by atoms with van der Waals surface area (Å²) < 4.78 is 29.8.